The minimum Gasteiger partial charge on any atom is -0.376 e. The van der Waals surface area contributed by atoms with Crippen LogP contribution in [0.3, 0.4) is 0 Å². The van der Waals surface area contributed by atoms with Crippen molar-refractivity contribution in [1.82, 2.24) is 0 Å². The molecule has 0 spiro atoms. The van der Waals surface area contributed by atoms with Crippen LogP contribution in [0, 0.1) is 6.92 Å². The summed E-state index contributed by atoms with van der Waals surface area (Å²) < 4.78 is 0. The molecule has 0 aliphatic carbocycles. The molecule has 4 rings (SSSR count). The van der Waals surface area contributed by atoms with Crippen molar-refractivity contribution in [2.45, 2.75) is 23.2 Å². The lowest BCUT2D eigenvalue weighted by molar-refractivity contribution is 0.122. The number of hydrogen-bond acceptors (Lipinski definition) is 2. The Morgan fingerprint density at radius 1 is 0.870 bits per heavy atom. The van der Waals surface area contributed by atoms with Crippen LogP contribution in [0.25, 0.3) is 0 Å². The Morgan fingerprint density at radius 3 is 2.43 bits per heavy atom. The Bertz CT molecular complexity index is 857. The zero-order valence-electron chi connectivity index (χ0n) is 13.0. The molecule has 1 nitrogen and oxygen atoms in total. The third-order valence-corrected chi connectivity index (χ3v) is 5.61. The van der Waals surface area contributed by atoms with Gasteiger partial charge in [0.05, 0.1) is 0 Å². The van der Waals surface area contributed by atoms with E-state index >= 15 is 0 Å². The molecule has 3 aromatic carbocycles. The molecule has 0 saturated carbocycles. The summed E-state index contributed by atoms with van der Waals surface area (Å²) in [5.41, 5.74) is 4.19. The van der Waals surface area contributed by atoms with E-state index in [9.17, 15) is 5.11 Å². The monoisotopic (exact) mass is 318 g/mol. The number of aliphatic hydroxyl groups is 1. The van der Waals surface area contributed by atoms with E-state index in [1.807, 2.05) is 42.5 Å². The van der Waals surface area contributed by atoms with Crippen LogP contribution in [0.1, 0.15) is 27.8 Å². The first kappa shape index (κ1) is 14.6. The minimum absolute atomic E-state index is 0.877. The van der Waals surface area contributed by atoms with Crippen LogP contribution in [0.2, 0.25) is 0 Å². The Balaban J connectivity index is 2.07. The molecule has 0 aromatic heterocycles. The van der Waals surface area contributed by atoms with E-state index in [-0.39, 0.29) is 0 Å². The van der Waals surface area contributed by atoms with Crippen molar-refractivity contribution >= 4 is 11.8 Å². The van der Waals surface area contributed by atoms with Crippen molar-refractivity contribution in [2.75, 3.05) is 0 Å². The Hall–Kier alpha value is -2.03. The zero-order valence-corrected chi connectivity index (χ0v) is 13.8. The van der Waals surface area contributed by atoms with Gasteiger partial charge in [0, 0.05) is 16.2 Å². The Kier molecular flexibility index (Phi) is 3.51. The van der Waals surface area contributed by atoms with Gasteiger partial charge in [-0.2, -0.15) is 0 Å². The van der Waals surface area contributed by atoms with Gasteiger partial charge in [-0.25, -0.2) is 0 Å². The van der Waals surface area contributed by atoms with Gasteiger partial charge in [-0.3, -0.25) is 0 Å². The lowest BCUT2D eigenvalue weighted by Gasteiger charge is -2.31. The SMILES string of the molecule is Cc1ccc2c(c1)SCc1ccccc1[C@@]2(O)c1ccccc1. The molecule has 0 unspecified atom stereocenters. The third kappa shape index (κ3) is 2.30. The Morgan fingerprint density at radius 2 is 1.61 bits per heavy atom. The summed E-state index contributed by atoms with van der Waals surface area (Å²) in [4.78, 5) is 1.16. The maximum atomic E-state index is 11.9. The number of fused-ring (bicyclic) bond motifs is 2. The molecule has 0 bridgehead atoms. The molecule has 3 aromatic rings. The van der Waals surface area contributed by atoms with Crippen molar-refractivity contribution in [3.8, 4) is 0 Å². The largest absolute Gasteiger partial charge is 0.376 e. The van der Waals surface area contributed by atoms with E-state index in [4.69, 9.17) is 0 Å². The van der Waals surface area contributed by atoms with E-state index in [2.05, 4.69) is 37.3 Å². The highest BCUT2D eigenvalue weighted by Crippen LogP contribution is 2.46. The fourth-order valence-corrected chi connectivity index (χ4v) is 4.54. The molecule has 1 aliphatic rings. The summed E-state index contributed by atoms with van der Waals surface area (Å²) >= 11 is 1.80. The first-order valence-electron chi connectivity index (χ1n) is 7.80. The molecular formula is C21H18OS. The first-order valence-corrected chi connectivity index (χ1v) is 8.78. The average Bonchev–Trinajstić information content (AvgIpc) is 2.72. The predicted molar refractivity (Wildman–Crippen MR) is 95.7 cm³/mol. The molecule has 0 fully saturated rings. The van der Waals surface area contributed by atoms with Crippen LogP contribution in [-0.4, -0.2) is 5.11 Å². The summed E-state index contributed by atoms with van der Waals surface area (Å²) in [6, 6.07) is 24.6. The molecule has 0 radical (unpaired) electrons. The van der Waals surface area contributed by atoms with Gasteiger partial charge < -0.3 is 5.11 Å². The van der Waals surface area contributed by atoms with Crippen LogP contribution in [0.5, 0.6) is 0 Å². The van der Waals surface area contributed by atoms with Crippen molar-refractivity contribution in [3.63, 3.8) is 0 Å². The molecule has 1 N–H and O–H groups in total. The van der Waals surface area contributed by atoms with Crippen LogP contribution in [0.4, 0.5) is 0 Å². The van der Waals surface area contributed by atoms with Gasteiger partial charge in [0.2, 0.25) is 0 Å². The molecule has 1 aliphatic heterocycles. The summed E-state index contributed by atoms with van der Waals surface area (Å²) in [5, 5.41) is 11.9. The Labute approximate surface area is 141 Å². The third-order valence-electron chi connectivity index (χ3n) is 4.51. The standard InChI is InChI=1S/C21H18OS/c1-15-11-12-19-20(13-15)23-14-16-7-5-6-10-18(16)21(19,22)17-8-3-2-4-9-17/h2-13,22H,14H2,1H3/t21-/m0/s1. The van der Waals surface area contributed by atoms with E-state index in [1.54, 1.807) is 11.8 Å². The molecule has 23 heavy (non-hydrogen) atoms. The molecule has 1 atom stereocenters. The van der Waals surface area contributed by atoms with Crippen LogP contribution < -0.4 is 0 Å². The molecule has 2 heteroatoms. The normalized spacial score (nSPS) is 19.6. The minimum atomic E-state index is -1.11. The van der Waals surface area contributed by atoms with Gasteiger partial charge in [0.15, 0.2) is 0 Å². The summed E-state index contributed by atoms with van der Waals surface area (Å²) in [5.74, 6) is 0.877. The molecule has 0 saturated heterocycles. The molecule has 114 valence electrons. The van der Waals surface area contributed by atoms with Crippen LogP contribution in [-0.2, 0) is 11.4 Å². The van der Waals surface area contributed by atoms with Crippen molar-refractivity contribution in [2.24, 2.45) is 0 Å². The van der Waals surface area contributed by atoms with Gasteiger partial charge in [0.1, 0.15) is 5.60 Å². The number of rotatable bonds is 1. The highest BCUT2D eigenvalue weighted by atomic mass is 32.2. The van der Waals surface area contributed by atoms with E-state index in [0.717, 1.165) is 27.3 Å². The van der Waals surface area contributed by atoms with Gasteiger partial charge in [-0.15, -0.1) is 11.8 Å². The van der Waals surface area contributed by atoms with Crippen LogP contribution >= 0.6 is 11.8 Å². The van der Waals surface area contributed by atoms with Crippen molar-refractivity contribution in [1.29, 1.82) is 0 Å². The highest BCUT2D eigenvalue weighted by molar-refractivity contribution is 7.98. The lowest BCUT2D eigenvalue weighted by Crippen LogP contribution is -2.29. The van der Waals surface area contributed by atoms with Gasteiger partial charge >= 0.3 is 0 Å². The van der Waals surface area contributed by atoms with Crippen LogP contribution in [0.15, 0.2) is 77.7 Å². The number of thioether (sulfide) groups is 1. The maximum Gasteiger partial charge on any atom is 0.141 e. The second-order valence-corrected chi connectivity index (χ2v) is 7.04. The van der Waals surface area contributed by atoms with E-state index in [0.29, 0.717) is 0 Å². The maximum absolute atomic E-state index is 11.9. The number of benzene rings is 3. The van der Waals surface area contributed by atoms with E-state index in [1.165, 1.54) is 11.1 Å². The quantitative estimate of drug-likeness (QED) is 0.690. The molecule has 1 heterocycles. The average molecular weight is 318 g/mol. The zero-order chi connectivity index (χ0) is 15.9. The second-order valence-electron chi connectivity index (χ2n) is 6.02. The fraction of sp³-hybridized carbons (Fsp3) is 0.143. The number of aryl methyl sites for hydroxylation is 1. The van der Waals surface area contributed by atoms with E-state index < -0.39 is 5.60 Å². The number of hydrogen-bond donors (Lipinski definition) is 1. The first-order chi connectivity index (χ1) is 11.2. The predicted octanol–water partition coefficient (Wildman–Crippen LogP) is 4.88. The highest BCUT2D eigenvalue weighted by Gasteiger charge is 2.39. The molecular weight excluding hydrogens is 300 g/mol. The summed E-state index contributed by atoms with van der Waals surface area (Å²) in [6.07, 6.45) is 0. The van der Waals surface area contributed by atoms with Crippen molar-refractivity contribution in [3.05, 3.63) is 101 Å². The van der Waals surface area contributed by atoms with Gasteiger partial charge in [0.25, 0.3) is 0 Å². The topological polar surface area (TPSA) is 20.2 Å². The van der Waals surface area contributed by atoms with Gasteiger partial charge in [-0.1, -0.05) is 66.7 Å². The second kappa shape index (κ2) is 5.55. The van der Waals surface area contributed by atoms with Gasteiger partial charge in [-0.05, 0) is 35.2 Å². The fourth-order valence-electron chi connectivity index (χ4n) is 3.34. The lowest BCUT2D eigenvalue weighted by atomic mass is 9.78. The van der Waals surface area contributed by atoms with Crippen molar-refractivity contribution < 1.29 is 5.11 Å². The summed E-state index contributed by atoms with van der Waals surface area (Å²) in [7, 11) is 0. The summed E-state index contributed by atoms with van der Waals surface area (Å²) in [6.45, 7) is 2.10. The smallest absolute Gasteiger partial charge is 0.141 e. The molecule has 0 amide bonds.